The van der Waals surface area contributed by atoms with Crippen molar-refractivity contribution in [2.24, 2.45) is 5.73 Å². The van der Waals surface area contributed by atoms with Crippen molar-refractivity contribution in [2.45, 2.75) is 26.4 Å². The summed E-state index contributed by atoms with van der Waals surface area (Å²) in [7, 11) is 0. The van der Waals surface area contributed by atoms with E-state index in [0.717, 1.165) is 17.8 Å². The number of hydrogen-bond acceptors (Lipinski definition) is 3. The van der Waals surface area contributed by atoms with E-state index in [4.69, 9.17) is 29.6 Å². The van der Waals surface area contributed by atoms with Gasteiger partial charge in [-0.3, -0.25) is 0 Å². The van der Waals surface area contributed by atoms with E-state index in [2.05, 4.69) is 36.3 Å². The highest BCUT2D eigenvalue weighted by atomic mass is 35.5. The summed E-state index contributed by atoms with van der Waals surface area (Å²) in [6, 6.07) is 10.4. The van der Waals surface area contributed by atoms with Crippen molar-refractivity contribution in [3.63, 3.8) is 0 Å². The highest BCUT2D eigenvalue weighted by Crippen LogP contribution is 2.27. The molecule has 0 bridgehead atoms. The van der Waals surface area contributed by atoms with Crippen molar-refractivity contribution in [1.82, 2.24) is 0 Å². The Morgan fingerprint density at radius 1 is 1.40 bits per heavy atom. The van der Waals surface area contributed by atoms with Crippen LogP contribution in [0.2, 0.25) is 5.02 Å². The number of thiocarbonyl (C=S) groups is 1. The van der Waals surface area contributed by atoms with Crippen molar-refractivity contribution in [2.75, 3.05) is 4.90 Å². The normalized spacial score (nSPS) is 10.8. The Morgan fingerprint density at radius 3 is 2.65 bits per heavy atom. The van der Waals surface area contributed by atoms with E-state index in [-0.39, 0.29) is 0 Å². The molecule has 0 atom stereocenters. The molecule has 2 rings (SSSR count). The summed E-state index contributed by atoms with van der Waals surface area (Å²) < 4.78 is 0. The van der Waals surface area contributed by atoms with Crippen molar-refractivity contribution < 1.29 is 0 Å². The molecule has 0 radical (unpaired) electrons. The maximum Gasteiger partial charge on any atom is 0.105 e. The maximum atomic E-state index is 6.26. The fourth-order valence-corrected chi connectivity index (χ4v) is 3.24. The minimum atomic E-state index is 0.330. The lowest BCUT2D eigenvalue weighted by Gasteiger charge is -2.29. The molecule has 20 heavy (non-hydrogen) atoms. The largest absolute Gasteiger partial charge is 0.389 e. The summed E-state index contributed by atoms with van der Waals surface area (Å²) in [5, 5.41) is 2.70. The van der Waals surface area contributed by atoms with E-state index in [1.165, 1.54) is 4.88 Å². The summed E-state index contributed by atoms with van der Waals surface area (Å²) in [4.78, 5) is 3.96. The molecule has 0 saturated heterocycles. The quantitative estimate of drug-likeness (QED) is 0.824. The zero-order valence-corrected chi connectivity index (χ0v) is 13.9. The molecular weight excluding hydrogens is 308 g/mol. The molecule has 1 aromatic heterocycles. The lowest BCUT2D eigenvalue weighted by atomic mass is 10.1. The third kappa shape index (κ3) is 3.51. The van der Waals surface area contributed by atoms with Crippen LogP contribution < -0.4 is 10.6 Å². The number of anilines is 1. The van der Waals surface area contributed by atoms with Gasteiger partial charge in [0, 0.05) is 22.2 Å². The molecule has 0 spiro atoms. The van der Waals surface area contributed by atoms with E-state index in [1.807, 2.05) is 18.2 Å². The molecule has 0 unspecified atom stereocenters. The van der Waals surface area contributed by atoms with Crippen LogP contribution in [0.3, 0.4) is 0 Å². The third-order valence-electron chi connectivity index (χ3n) is 3.08. The standard InChI is InChI=1S/C15H17ClN2S2/c1-10(2)18(9-12-4-3-7-20-12)11-5-6-13(15(17)19)14(16)8-11/h3-8,10H,9H2,1-2H3,(H2,17,19). The van der Waals surface area contributed by atoms with Gasteiger partial charge in [0.25, 0.3) is 0 Å². The minimum absolute atomic E-state index is 0.330. The Morgan fingerprint density at radius 2 is 2.15 bits per heavy atom. The zero-order valence-electron chi connectivity index (χ0n) is 11.5. The number of hydrogen-bond donors (Lipinski definition) is 1. The van der Waals surface area contributed by atoms with Crippen molar-refractivity contribution in [1.29, 1.82) is 0 Å². The van der Waals surface area contributed by atoms with E-state index in [0.29, 0.717) is 16.1 Å². The number of rotatable bonds is 5. The molecule has 2 aromatic rings. The summed E-state index contributed by atoms with van der Waals surface area (Å²) in [6.07, 6.45) is 0. The lowest BCUT2D eigenvalue weighted by molar-refractivity contribution is 0.687. The molecule has 0 saturated carbocycles. The zero-order chi connectivity index (χ0) is 14.7. The fraction of sp³-hybridized carbons (Fsp3) is 0.267. The minimum Gasteiger partial charge on any atom is -0.389 e. The summed E-state index contributed by atoms with van der Waals surface area (Å²) in [5.74, 6) is 0. The Kier molecular flexibility index (Phi) is 5.02. The molecule has 106 valence electrons. The first kappa shape index (κ1) is 15.3. The molecule has 0 aliphatic rings. The van der Waals surface area contributed by atoms with Gasteiger partial charge >= 0.3 is 0 Å². The molecule has 0 amide bonds. The lowest BCUT2D eigenvalue weighted by Crippen LogP contribution is -2.29. The Labute approximate surface area is 134 Å². The van der Waals surface area contributed by atoms with Crippen molar-refractivity contribution >= 4 is 45.8 Å². The monoisotopic (exact) mass is 324 g/mol. The van der Waals surface area contributed by atoms with Gasteiger partial charge in [-0.25, -0.2) is 0 Å². The van der Waals surface area contributed by atoms with E-state index < -0.39 is 0 Å². The average molecular weight is 325 g/mol. The maximum absolute atomic E-state index is 6.26. The average Bonchev–Trinajstić information content (AvgIpc) is 2.87. The van der Waals surface area contributed by atoms with Crippen LogP contribution in [-0.4, -0.2) is 11.0 Å². The van der Waals surface area contributed by atoms with Gasteiger partial charge in [-0.1, -0.05) is 29.9 Å². The van der Waals surface area contributed by atoms with Gasteiger partial charge < -0.3 is 10.6 Å². The molecule has 0 aliphatic heterocycles. The predicted molar refractivity (Wildman–Crippen MR) is 93.0 cm³/mol. The van der Waals surface area contributed by atoms with Crippen molar-refractivity contribution in [3.8, 4) is 0 Å². The topological polar surface area (TPSA) is 29.3 Å². The highest BCUT2D eigenvalue weighted by Gasteiger charge is 2.14. The molecular formula is C15H17ClN2S2. The highest BCUT2D eigenvalue weighted by molar-refractivity contribution is 7.80. The Balaban J connectivity index is 2.30. The number of halogens is 1. The first-order chi connectivity index (χ1) is 9.49. The van der Waals surface area contributed by atoms with Gasteiger partial charge in [0.1, 0.15) is 4.99 Å². The predicted octanol–water partition coefficient (Wildman–Crippen LogP) is 4.45. The molecule has 5 heteroatoms. The van der Waals surface area contributed by atoms with Crippen LogP contribution in [0.25, 0.3) is 0 Å². The van der Waals surface area contributed by atoms with Gasteiger partial charge in [-0.05, 0) is 43.5 Å². The van der Waals surface area contributed by atoms with Gasteiger partial charge in [-0.2, -0.15) is 0 Å². The molecule has 2 N–H and O–H groups in total. The summed E-state index contributed by atoms with van der Waals surface area (Å²) >= 11 is 13.0. The van der Waals surface area contributed by atoms with Crippen LogP contribution in [0.5, 0.6) is 0 Å². The van der Waals surface area contributed by atoms with Crippen LogP contribution in [-0.2, 0) is 6.54 Å². The third-order valence-corrected chi connectivity index (χ3v) is 4.47. The first-order valence-corrected chi connectivity index (χ1v) is 8.04. The van der Waals surface area contributed by atoms with Gasteiger partial charge in [0.15, 0.2) is 0 Å². The van der Waals surface area contributed by atoms with E-state index in [9.17, 15) is 0 Å². The van der Waals surface area contributed by atoms with Crippen LogP contribution in [0, 0.1) is 0 Å². The van der Waals surface area contributed by atoms with Crippen LogP contribution >= 0.6 is 35.2 Å². The molecule has 0 fully saturated rings. The molecule has 2 nitrogen and oxygen atoms in total. The summed E-state index contributed by atoms with van der Waals surface area (Å²) in [6.45, 7) is 5.21. The SMILES string of the molecule is CC(C)N(Cc1cccs1)c1ccc(C(N)=S)c(Cl)c1. The van der Waals surface area contributed by atoms with Crippen LogP contribution in [0.15, 0.2) is 35.7 Å². The van der Waals surface area contributed by atoms with E-state index >= 15 is 0 Å². The van der Waals surface area contributed by atoms with Crippen LogP contribution in [0.4, 0.5) is 5.69 Å². The second-order valence-corrected chi connectivity index (χ2v) is 6.71. The number of nitrogens with zero attached hydrogens (tertiary/aromatic N) is 1. The smallest absolute Gasteiger partial charge is 0.105 e. The Hall–Kier alpha value is -1.10. The van der Waals surface area contributed by atoms with Gasteiger partial charge in [-0.15, -0.1) is 11.3 Å². The molecule has 1 aromatic carbocycles. The number of benzene rings is 1. The molecule has 1 heterocycles. The second-order valence-electron chi connectivity index (χ2n) is 4.83. The van der Waals surface area contributed by atoms with E-state index in [1.54, 1.807) is 11.3 Å². The molecule has 0 aliphatic carbocycles. The van der Waals surface area contributed by atoms with Gasteiger partial charge in [0.05, 0.1) is 11.6 Å². The number of nitrogens with two attached hydrogens (primary N) is 1. The second kappa shape index (κ2) is 6.57. The number of thiophene rings is 1. The Bertz CT molecular complexity index is 594. The van der Waals surface area contributed by atoms with Gasteiger partial charge in [0.2, 0.25) is 0 Å². The first-order valence-electron chi connectivity index (χ1n) is 6.37. The summed E-state index contributed by atoms with van der Waals surface area (Å²) in [5.41, 5.74) is 7.45. The van der Waals surface area contributed by atoms with Crippen LogP contribution in [0.1, 0.15) is 24.3 Å². The van der Waals surface area contributed by atoms with Crippen molar-refractivity contribution in [3.05, 3.63) is 51.2 Å². The fourth-order valence-electron chi connectivity index (χ4n) is 2.02.